The number of benzene rings is 1. The van der Waals surface area contributed by atoms with Gasteiger partial charge in [0.05, 0.1) is 21.9 Å². The van der Waals surface area contributed by atoms with Gasteiger partial charge in [0.15, 0.2) is 0 Å². The zero-order valence-electron chi connectivity index (χ0n) is 20.8. The van der Waals surface area contributed by atoms with E-state index in [-0.39, 0.29) is 11.7 Å². The Kier molecular flexibility index (Phi) is 6.58. The van der Waals surface area contributed by atoms with Crippen LogP contribution in [0.4, 0.5) is 5.82 Å². The molecule has 0 radical (unpaired) electrons. The number of hydrogen-bond donors (Lipinski definition) is 2. The third-order valence-electron chi connectivity index (χ3n) is 6.00. The highest BCUT2D eigenvalue weighted by atomic mass is 35.5. The average Bonchev–Trinajstić information content (AvgIpc) is 3.39. The van der Waals surface area contributed by atoms with E-state index in [1.807, 2.05) is 58.3 Å². The van der Waals surface area contributed by atoms with Crippen molar-refractivity contribution in [2.45, 2.75) is 33.9 Å². The zero-order valence-corrected chi connectivity index (χ0v) is 21.6. The molecule has 0 unspecified atom stereocenters. The SMILES string of the molecule is Cc1nn(C)cc1CNC(=O)c1nc(NCc2cncc(Cl)c2)c2cc(-c3c(C)noc3C)ccc2n1. The topological polar surface area (TPSA) is 124 Å². The standard InChI is InChI=1S/C26H25ClN8O2/c1-14-19(13-35(4)33-14)11-30-26(36)25-31-22-6-5-18(23-15(2)34-37-16(23)3)8-21(22)24(32-25)29-10-17-7-20(27)12-28-9-17/h5-9,12-13H,10-11H2,1-4H3,(H,30,36)(H,29,31,32). The van der Waals surface area contributed by atoms with Gasteiger partial charge < -0.3 is 15.2 Å². The van der Waals surface area contributed by atoms with Crippen LogP contribution in [0.1, 0.15) is 38.9 Å². The highest BCUT2D eigenvalue weighted by Gasteiger charge is 2.18. The average molecular weight is 517 g/mol. The van der Waals surface area contributed by atoms with Gasteiger partial charge in [-0.15, -0.1) is 0 Å². The van der Waals surface area contributed by atoms with E-state index in [2.05, 4.69) is 35.8 Å². The number of hydrogen-bond acceptors (Lipinski definition) is 8. The third kappa shape index (κ3) is 5.14. The van der Waals surface area contributed by atoms with Gasteiger partial charge in [0.2, 0.25) is 5.82 Å². The smallest absolute Gasteiger partial charge is 0.289 e. The first-order valence-corrected chi connectivity index (χ1v) is 12.0. The van der Waals surface area contributed by atoms with Crippen LogP contribution in [0, 0.1) is 20.8 Å². The summed E-state index contributed by atoms with van der Waals surface area (Å²) < 4.78 is 7.07. The van der Waals surface area contributed by atoms with Crippen molar-refractivity contribution in [3.05, 3.63) is 82.0 Å². The predicted molar refractivity (Wildman–Crippen MR) is 140 cm³/mol. The van der Waals surface area contributed by atoms with Gasteiger partial charge in [-0.1, -0.05) is 22.8 Å². The second kappa shape index (κ2) is 9.98. The van der Waals surface area contributed by atoms with Crippen molar-refractivity contribution in [1.29, 1.82) is 0 Å². The van der Waals surface area contributed by atoms with E-state index in [1.54, 1.807) is 17.1 Å². The molecule has 1 amide bonds. The van der Waals surface area contributed by atoms with E-state index in [0.29, 0.717) is 29.4 Å². The Bertz CT molecular complexity index is 1610. The summed E-state index contributed by atoms with van der Waals surface area (Å²) in [6.45, 7) is 6.40. The van der Waals surface area contributed by atoms with Crippen LogP contribution in [0.25, 0.3) is 22.0 Å². The van der Waals surface area contributed by atoms with Crippen LogP contribution >= 0.6 is 11.6 Å². The van der Waals surface area contributed by atoms with Crippen LogP contribution in [0.5, 0.6) is 0 Å². The molecule has 10 nitrogen and oxygen atoms in total. The van der Waals surface area contributed by atoms with Gasteiger partial charge >= 0.3 is 0 Å². The number of aromatic nitrogens is 6. The Morgan fingerprint density at radius 2 is 1.92 bits per heavy atom. The number of rotatable bonds is 7. The first kappa shape index (κ1) is 24.4. The van der Waals surface area contributed by atoms with E-state index in [0.717, 1.165) is 44.8 Å². The Morgan fingerprint density at radius 1 is 1.08 bits per heavy atom. The molecule has 0 aliphatic heterocycles. The molecule has 2 N–H and O–H groups in total. The number of carbonyl (C=O) groups is 1. The van der Waals surface area contributed by atoms with E-state index in [9.17, 15) is 4.79 Å². The summed E-state index contributed by atoms with van der Waals surface area (Å²) in [5.74, 6) is 0.915. The summed E-state index contributed by atoms with van der Waals surface area (Å²) >= 11 is 6.10. The van der Waals surface area contributed by atoms with E-state index in [4.69, 9.17) is 16.1 Å². The van der Waals surface area contributed by atoms with Crippen molar-refractivity contribution in [3.8, 4) is 11.1 Å². The monoisotopic (exact) mass is 516 g/mol. The molecule has 0 bridgehead atoms. The number of aryl methyl sites for hydroxylation is 4. The number of nitrogens with zero attached hydrogens (tertiary/aromatic N) is 6. The third-order valence-corrected chi connectivity index (χ3v) is 6.20. The molecule has 4 aromatic heterocycles. The number of anilines is 1. The van der Waals surface area contributed by atoms with E-state index >= 15 is 0 Å². The minimum atomic E-state index is -0.382. The first-order chi connectivity index (χ1) is 17.8. The van der Waals surface area contributed by atoms with Crippen molar-refractivity contribution in [3.63, 3.8) is 0 Å². The summed E-state index contributed by atoms with van der Waals surface area (Å²) in [7, 11) is 1.84. The van der Waals surface area contributed by atoms with Crippen molar-refractivity contribution in [1.82, 2.24) is 35.2 Å². The molecule has 0 fully saturated rings. The Labute approximate surface area is 218 Å². The fraction of sp³-hybridized carbons (Fsp3) is 0.231. The lowest BCUT2D eigenvalue weighted by Gasteiger charge is -2.12. The lowest BCUT2D eigenvalue weighted by Crippen LogP contribution is -2.25. The van der Waals surface area contributed by atoms with Gasteiger partial charge in [-0.05, 0) is 50.1 Å². The van der Waals surface area contributed by atoms with Gasteiger partial charge in [0, 0.05) is 55.2 Å². The van der Waals surface area contributed by atoms with Gasteiger partial charge in [-0.3, -0.25) is 14.5 Å². The van der Waals surface area contributed by atoms with Gasteiger partial charge in [0.25, 0.3) is 5.91 Å². The first-order valence-electron chi connectivity index (χ1n) is 11.6. The number of fused-ring (bicyclic) bond motifs is 1. The minimum absolute atomic E-state index is 0.0610. The quantitative estimate of drug-likeness (QED) is 0.323. The lowest BCUT2D eigenvalue weighted by atomic mass is 10.0. The summed E-state index contributed by atoms with van der Waals surface area (Å²) in [4.78, 5) is 26.3. The van der Waals surface area contributed by atoms with E-state index in [1.165, 1.54) is 0 Å². The maximum Gasteiger partial charge on any atom is 0.289 e. The fourth-order valence-corrected chi connectivity index (χ4v) is 4.43. The maximum atomic E-state index is 13.1. The lowest BCUT2D eigenvalue weighted by molar-refractivity contribution is 0.0941. The normalized spacial score (nSPS) is 11.2. The molecule has 0 aliphatic carbocycles. The summed E-state index contributed by atoms with van der Waals surface area (Å²) in [6.07, 6.45) is 5.17. The number of pyridine rings is 1. The minimum Gasteiger partial charge on any atom is -0.365 e. The molecule has 188 valence electrons. The molecule has 0 aliphatic rings. The highest BCUT2D eigenvalue weighted by molar-refractivity contribution is 6.30. The van der Waals surface area contributed by atoms with Crippen LogP contribution in [-0.2, 0) is 20.1 Å². The number of nitrogens with one attached hydrogen (secondary N) is 2. The summed E-state index contributed by atoms with van der Waals surface area (Å²) in [5, 5.41) is 15.9. The van der Waals surface area contributed by atoms with Gasteiger partial charge in [0.1, 0.15) is 11.6 Å². The highest BCUT2D eigenvalue weighted by Crippen LogP contribution is 2.31. The molecule has 4 heterocycles. The van der Waals surface area contributed by atoms with Crippen molar-refractivity contribution in [2.75, 3.05) is 5.32 Å². The molecular formula is C26H25ClN8O2. The van der Waals surface area contributed by atoms with Crippen molar-refractivity contribution in [2.24, 2.45) is 7.05 Å². The molecule has 37 heavy (non-hydrogen) atoms. The Balaban J connectivity index is 1.51. The van der Waals surface area contributed by atoms with Crippen LogP contribution < -0.4 is 10.6 Å². The molecule has 5 aromatic rings. The molecule has 0 atom stereocenters. The molecule has 5 rings (SSSR count). The van der Waals surface area contributed by atoms with Crippen LogP contribution in [0.2, 0.25) is 5.02 Å². The van der Waals surface area contributed by atoms with Crippen molar-refractivity contribution >= 4 is 34.2 Å². The Hall–Kier alpha value is -4.31. The van der Waals surface area contributed by atoms with Crippen molar-refractivity contribution < 1.29 is 9.32 Å². The van der Waals surface area contributed by atoms with Crippen LogP contribution in [0.3, 0.4) is 0 Å². The van der Waals surface area contributed by atoms with E-state index < -0.39 is 0 Å². The molecule has 0 saturated carbocycles. The van der Waals surface area contributed by atoms with Gasteiger partial charge in [-0.2, -0.15) is 5.10 Å². The second-order valence-corrected chi connectivity index (χ2v) is 9.22. The summed E-state index contributed by atoms with van der Waals surface area (Å²) in [6, 6.07) is 7.60. The van der Waals surface area contributed by atoms with Crippen LogP contribution in [0.15, 0.2) is 47.4 Å². The Morgan fingerprint density at radius 3 is 2.62 bits per heavy atom. The van der Waals surface area contributed by atoms with Gasteiger partial charge in [-0.25, -0.2) is 9.97 Å². The zero-order chi connectivity index (χ0) is 26.1. The molecule has 1 aromatic carbocycles. The molecular weight excluding hydrogens is 492 g/mol. The molecule has 11 heteroatoms. The summed E-state index contributed by atoms with van der Waals surface area (Å²) in [5.41, 5.74) is 5.90. The number of carbonyl (C=O) groups excluding carboxylic acids is 1. The molecule has 0 saturated heterocycles. The fourth-order valence-electron chi connectivity index (χ4n) is 4.23. The number of amides is 1. The van der Waals surface area contributed by atoms with Crippen LogP contribution in [-0.4, -0.2) is 35.8 Å². The maximum absolute atomic E-state index is 13.1. The molecule has 0 spiro atoms. The second-order valence-electron chi connectivity index (χ2n) is 8.79. The number of halogens is 1. The largest absolute Gasteiger partial charge is 0.365 e. The predicted octanol–water partition coefficient (Wildman–Crippen LogP) is 4.53.